The van der Waals surface area contributed by atoms with Crippen molar-refractivity contribution in [2.24, 2.45) is 5.92 Å². The lowest BCUT2D eigenvalue weighted by Crippen LogP contribution is -2.33. The predicted octanol–water partition coefficient (Wildman–Crippen LogP) is 3.91. The molecule has 1 aliphatic rings. The summed E-state index contributed by atoms with van der Waals surface area (Å²) >= 11 is 3.50. The van der Waals surface area contributed by atoms with Gasteiger partial charge < -0.3 is 5.32 Å². The fourth-order valence-electron chi connectivity index (χ4n) is 2.17. The molecule has 17 heavy (non-hydrogen) atoms. The van der Waals surface area contributed by atoms with E-state index >= 15 is 0 Å². The maximum Gasteiger partial charge on any atom is 0.123 e. The second kappa shape index (κ2) is 5.96. The molecule has 1 unspecified atom stereocenters. The summed E-state index contributed by atoms with van der Waals surface area (Å²) in [4.78, 5) is 0. The van der Waals surface area contributed by atoms with Crippen molar-refractivity contribution in [2.45, 2.75) is 38.6 Å². The first kappa shape index (κ1) is 13.0. The topological polar surface area (TPSA) is 12.0 Å². The molecule has 1 aromatic rings. The van der Waals surface area contributed by atoms with E-state index in [1.807, 2.05) is 0 Å². The largest absolute Gasteiger partial charge is 0.313 e. The Hall–Kier alpha value is -0.410. The molecule has 0 aliphatic heterocycles. The Kier molecular flexibility index (Phi) is 4.57. The lowest BCUT2D eigenvalue weighted by atomic mass is 10.0. The molecule has 0 heterocycles. The van der Waals surface area contributed by atoms with Gasteiger partial charge in [-0.1, -0.05) is 22.9 Å². The van der Waals surface area contributed by atoms with Crippen molar-refractivity contribution in [3.05, 3.63) is 34.1 Å². The van der Waals surface area contributed by atoms with Crippen LogP contribution in [0.5, 0.6) is 0 Å². The van der Waals surface area contributed by atoms with E-state index in [0.29, 0.717) is 6.04 Å². The highest BCUT2D eigenvalue weighted by molar-refractivity contribution is 9.10. The van der Waals surface area contributed by atoms with Gasteiger partial charge in [-0.25, -0.2) is 4.39 Å². The molecule has 0 spiro atoms. The van der Waals surface area contributed by atoms with Gasteiger partial charge in [0.2, 0.25) is 0 Å². The van der Waals surface area contributed by atoms with Crippen LogP contribution in [0.2, 0.25) is 0 Å². The van der Waals surface area contributed by atoms with Crippen molar-refractivity contribution in [1.29, 1.82) is 0 Å². The molecule has 2 rings (SSSR count). The van der Waals surface area contributed by atoms with Gasteiger partial charge in [-0.2, -0.15) is 0 Å². The van der Waals surface area contributed by atoms with Crippen LogP contribution in [0.3, 0.4) is 0 Å². The van der Waals surface area contributed by atoms with Crippen LogP contribution in [0, 0.1) is 11.7 Å². The molecule has 0 amide bonds. The molecule has 1 saturated carbocycles. The molecule has 0 radical (unpaired) electrons. The van der Waals surface area contributed by atoms with Crippen LogP contribution in [-0.2, 0) is 6.42 Å². The highest BCUT2D eigenvalue weighted by Gasteiger charge is 2.31. The Labute approximate surface area is 111 Å². The van der Waals surface area contributed by atoms with E-state index in [2.05, 4.69) is 28.2 Å². The lowest BCUT2D eigenvalue weighted by Gasteiger charge is -2.18. The van der Waals surface area contributed by atoms with Crippen molar-refractivity contribution >= 4 is 15.9 Å². The van der Waals surface area contributed by atoms with E-state index in [1.165, 1.54) is 18.9 Å². The smallest absolute Gasteiger partial charge is 0.123 e. The molecule has 1 nitrogen and oxygen atoms in total. The van der Waals surface area contributed by atoms with Gasteiger partial charge in [-0.15, -0.1) is 0 Å². The number of benzene rings is 1. The van der Waals surface area contributed by atoms with Crippen LogP contribution < -0.4 is 5.32 Å². The van der Waals surface area contributed by atoms with E-state index < -0.39 is 0 Å². The average molecular weight is 300 g/mol. The van der Waals surface area contributed by atoms with Crippen LogP contribution in [0.15, 0.2) is 22.7 Å². The van der Waals surface area contributed by atoms with E-state index in [0.717, 1.165) is 35.3 Å². The Bertz CT molecular complexity index is 376. The fraction of sp³-hybridized carbons (Fsp3) is 0.571. The summed E-state index contributed by atoms with van der Waals surface area (Å²) in [6.45, 7) is 3.23. The van der Waals surface area contributed by atoms with Crippen molar-refractivity contribution < 1.29 is 4.39 Å². The van der Waals surface area contributed by atoms with Gasteiger partial charge in [0.05, 0.1) is 0 Å². The summed E-state index contributed by atoms with van der Waals surface area (Å²) in [5.74, 6) is 0.643. The standard InChI is InChI=1S/C14H19BrFN/c1-2-7-17-14(10-3-4-10)9-11-8-12(16)5-6-13(11)15/h5-6,8,10,14,17H,2-4,7,9H2,1H3. The minimum absolute atomic E-state index is 0.145. The van der Waals surface area contributed by atoms with Crippen molar-refractivity contribution in [3.63, 3.8) is 0 Å². The third-order valence-electron chi connectivity index (χ3n) is 3.30. The summed E-state index contributed by atoms with van der Waals surface area (Å²) < 4.78 is 14.2. The highest BCUT2D eigenvalue weighted by atomic mass is 79.9. The highest BCUT2D eigenvalue weighted by Crippen LogP contribution is 2.35. The minimum atomic E-state index is -0.145. The molecule has 3 heteroatoms. The Balaban J connectivity index is 2.03. The summed E-state index contributed by atoms with van der Waals surface area (Å²) in [6, 6.07) is 5.45. The fourth-order valence-corrected chi connectivity index (χ4v) is 2.58. The van der Waals surface area contributed by atoms with Crippen LogP contribution in [0.4, 0.5) is 4.39 Å². The summed E-state index contributed by atoms with van der Waals surface area (Å²) in [6.07, 6.45) is 4.69. The van der Waals surface area contributed by atoms with Gasteiger partial charge in [0.25, 0.3) is 0 Å². The number of hydrogen-bond donors (Lipinski definition) is 1. The minimum Gasteiger partial charge on any atom is -0.313 e. The SMILES string of the molecule is CCCNC(Cc1cc(F)ccc1Br)C1CC1. The molecule has 1 atom stereocenters. The van der Waals surface area contributed by atoms with E-state index in [-0.39, 0.29) is 5.82 Å². The van der Waals surface area contributed by atoms with Gasteiger partial charge in [-0.05, 0) is 61.9 Å². The van der Waals surface area contributed by atoms with E-state index in [4.69, 9.17) is 0 Å². The second-order valence-electron chi connectivity index (χ2n) is 4.84. The summed E-state index contributed by atoms with van der Waals surface area (Å²) in [7, 11) is 0. The van der Waals surface area contributed by atoms with Gasteiger partial charge in [0.1, 0.15) is 5.82 Å². The summed E-state index contributed by atoms with van der Waals surface area (Å²) in [5, 5.41) is 3.58. The molecular weight excluding hydrogens is 281 g/mol. The molecule has 1 fully saturated rings. The first-order valence-electron chi connectivity index (χ1n) is 6.38. The third kappa shape index (κ3) is 3.78. The van der Waals surface area contributed by atoms with Crippen LogP contribution >= 0.6 is 15.9 Å². The second-order valence-corrected chi connectivity index (χ2v) is 5.69. The van der Waals surface area contributed by atoms with Crippen LogP contribution in [-0.4, -0.2) is 12.6 Å². The maximum absolute atomic E-state index is 13.2. The lowest BCUT2D eigenvalue weighted by molar-refractivity contribution is 0.458. The normalized spacial score (nSPS) is 17.1. The van der Waals surface area contributed by atoms with Crippen LogP contribution in [0.1, 0.15) is 31.7 Å². The van der Waals surface area contributed by atoms with Crippen LogP contribution in [0.25, 0.3) is 0 Å². The Morgan fingerprint density at radius 3 is 2.88 bits per heavy atom. The van der Waals surface area contributed by atoms with E-state index in [1.54, 1.807) is 12.1 Å². The average Bonchev–Trinajstić information content (AvgIpc) is 3.13. The first-order chi connectivity index (χ1) is 8.20. The molecule has 1 aliphatic carbocycles. The zero-order valence-corrected chi connectivity index (χ0v) is 11.8. The predicted molar refractivity (Wildman–Crippen MR) is 72.6 cm³/mol. The van der Waals surface area contributed by atoms with Crippen molar-refractivity contribution in [2.75, 3.05) is 6.54 Å². The number of rotatable bonds is 6. The molecular formula is C14H19BrFN. The molecule has 1 N–H and O–H groups in total. The third-order valence-corrected chi connectivity index (χ3v) is 4.07. The van der Waals surface area contributed by atoms with Gasteiger partial charge in [0.15, 0.2) is 0 Å². The molecule has 0 bridgehead atoms. The Morgan fingerprint density at radius 2 is 2.24 bits per heavy atom. The Morgan fingerprint density at radius 1 is 1.47 bits per heavy atom. The zero-order chi connectivity index (χ0) is 12.3. The number of halogens is 2. The number of hydrogen-bond acceptors (Lipinski definition) is 1. The van der Waals surface area contributed by atoms with Crippen molar-refractivity contribution in [1.82, 2.24) is 5.32 Å². The quantitative estimate of drug-likeness (QED) is 0.840. The van der Waals surface area contributed by atoms with E-state index in [9.17, 15) is 4.39 Å². The first-order valence-corrected chi connectivity index (χ1v) is 7.17. The summed E-state index contributed by atoms with van der Waals surface area (Å²) in [5.41, 5.74) is 1.07. The van der Waals surface area contributed by atoms with Gasteiger partial charge in [0, 0.05) is 10.5 Å². The zero-order valence-electron chi connectivity index (χ0n) is 10.2. The maximum atomic E-state index is 13.2. The monoisotopic (exact) mass is 299 g/mol. The van der Waals surface area contributed by atoms with Gasteiger partial charge >= 0.3 is 0 Å². The molecule has 0 saturated heterocycles. The van der Waals surface area contributed by atoms with Crippen molar-refractivity contribution in [3.8, 4) is 0 Å². The molecule has 1 aromatic carbocycles. The molecule has 94 valence electrons. The molecule has 0 aromatic heterocycles. The number of nitrogens with one attached hydrogen (secondary N) is 1. The van der Waals surface area contributed by atoms with Gasteiger partial charge in [-0.3, -0.25) is 0 Å².